The number of halogens is 4. The van der Waals surface area contributed by atoms with Gasteiger partial charge in [0, 0.05) is 24.5 Å². The van der Waals surface area contributed by atoms with E-state index in [1.807, 2.05) is 25.1 Å². The molecule has 0 unspecified atom stereocenters. The fraction of sp³-hybridized carbons (Fsp3) is 0.273. The third kappa shape index (κ3) is 5.54. The Morgan fingerprint density at radius 2 is 1.91 bits per heavy atom. The number of alkyl halides is 3. The summed E-state index contributed by atoms with van der Waals surface area (Å²) >= 11 is 1.10. The van der Waals surface area contributed by atoms with Gasteiger partial charge in [-0.2, -0.15) is 0 Å². The molecule has 0 aliphatic heterocycles. The lowest BCUT2D eigenvalue weighted by Crippen LogP contribution is -2.36. The van der Waals surface area contributed by atoms with Gasteiger partial charge in [-0.15, -0.1) is 25.6 Å². The minimum atomic E-state index is -4.79. The Morgan fingerprint density at radius 3 is 2.59 bits per heavy atom. The number of furan rings is 1. The number of carbonyl (C=O) groups excluding carboxylic acids is 1. The first-order chi connectivity index (χ1) is 15.6. The lowest BCUT2D eigenvalue weighted by atomic mass is 10.2. The van der Waals surface area contributed by atoms with Crippen molar-refractivity contribution in [1.82, 2.24) is 9.88 Å². The van der Waals surface area contributed by atoms with Crippen LogP contribution in [-0.4, -0.2) is 56.4 Å². The first kappa shape index (κ1) is 25.6. The summed E-state index contributed by atoms with van der Waals surface area (Å²) in [5.41, 5.74) is 0.910. The summed E-state index contributed by atoms with van der Waals surface area (Å²) in [5, 5.41) is 1.05. The molecule has 182 valence electrons. The monoisotopic (exact) mass is 515 g/mol. The van der Waals surface area contributed by atoms with E-state index < -0.39 is 12.3 Å². The molecule has 2 aromatic carbocycles. The molecule has 0 radical (unpaired) electrons. The second-order valence-corrected chi connectivity index (χ2v) is 8.43. The van der Waals surface area contributed by atoms with Gasteiger partial charge in [-0.1, -0.05) is 23.5 Å². The van der Waals surface area contributed by atoms with Crippen LogP contribution in [-0.2, 0) is 0 Å². The van der Waals surface area contributed by atoms with Gasteiger partial charge in [0.1, 0.15) is 5.75 Å². The number of para-hydroxylation sites is 1. The van der Waals surface area contributed by atoms with Crippen molar-refractivity contribution in [2.24, 2.45) is 0 Å². The highest BCUT2D eigenvalue weighted by Crippen LogP contribution is 2.35. The number of hydrogen-bond donors (Lipinski definition) is 0. The average molecular weight is 516 g/mol. The van der Waals surface area contributed by atoms with Crippen LogP contribution in [0.5, 0.6) is 11.5 Å². The summed E-state index contributed by atoms with van der Waals surface area (Å²) in [6, 6.07) is 10.8. The van der Waals surface area contributed by atoms with E-state index in [4.69, 9.17) is 9.15 Å². The molecule has 34 heavy (non-hydrogen) atoms. The summed E-state index contributed by atoms with van der Waals surface area (Å²) in [6.45, 7) is 0.833. The van der Waals surface area contributed by atoms with E-state index in [2.05, 4.69) is 9.72 Å². The zero-order valence-electron chi connectivity index (χ0n) is 18.4. The number of aromatic nitrogens is 1. The average Bonchev–Trinajstić information content (AvgIpc) is 3.35. The zero-order valence-corrected chi connectivity index (χ0v) is 20.0. The summed E-state index contributed by atoms with van der Waals surface area (Å²) in [6.07, 6.45) is -4.79. The van der Waals surface area contributed by atoms with E-state index in [1.165, 1.54) is 30.2 Å². The molecule has 0 aliphatic carbocycles. The SMILES string of the molecule is COc1cccc2cc(C(=O)N(CCN(C)C)c3nc4ccc(OC(F)(F)F)cc4s3)oc12.Cl. The highest BCUT2D eigenvalue weighted by molar-refractivity contribution is 7.22. The number of hydrogen-bond acceptors (Lipinski definition) is 7. The molecule has 0 aliphatic rings. The smallest absolute Gasteiger partial charge is 0.493 e. The van der Waals surface area contributed by atoms with Gasteiger partial charge in [0.15, 0.2) is 22.2 Å². The molecule has 0 fully saturated rings. The van der Waals surface area contributed by atoms with Crippen LogP contribution in [0.2, 0.25) is 0 Å². The Kier molecular flexibility index (Phi) is 7.59. The standard InChI is InChI=1S/C22H20F3N3O4S.ClH/c1-27(2)9-10-28(20(29)17-11-13-5-4-6-16(30-3)19(13)31-17)21-26-15-8-7-14(12-18(15)33-21)32-22(23,24)25;/h4-8,11-12H,9-10H2,1-3H3;1H. The summed E-state index contributed by atoms with van der Waals surface area (Å²) in [4.78, 5) is 21.3. The Balaban J connectivity index is 0.00000324. The normalized spacial score (nSPS) is 11.6. The van der Waals surface area contributed by atoms with Crippen LogP contribution < -0.4 is 14.4 Å². The van der Waals surface area contributed by atoms with Gasteiger partial charge in [0.25, 0.3) is 5.91 Å². The molecule has 0 N–H and O–H groups in total. The third-order valence-corrected chi connectivity index (χ3v) is 5.81. The highest BCUT2D eigenvalue weighted by Gasteiger charge is 2.31. The third-order valence-electron chi connectivity index (χ3n) is 4.77. The number of methoxy groups -OCH3 is 1. The first-order valence-corrected chi connectivity index (χ1v) is 10.7. The van der Waals surface area contributed by atoms with Crippen LogP contribution in [0.3, 0.4) is 0 Å². The van der Waals surface area contributed by atoms with Crippen LogP contribution in [0, 0.1) is 0 Å². The van der Waals surface area contributed by atoms with Crippen molar-refractivity contribution >= 4 is 56.0 Å². The Hall–Kier alpha value is -3.02. The van der Waals surface area contributed by atoms with Crippen molar-refractivity contribution < 1.29 is 31.9 Å². The molecule has 4 aromatic rings. The maximum absolute atomic E-state index is 13.4. The van der Waals surface area contributed by atoms with E-state index in [1.54, 1.807) is 18.2 Å². The number of carbonyl (C=O) groups is 1. The molecule has 0 saturated carbocycles. The van der Waals surface area contributed by atoms with Gasteiger partial charge in [0.05, 0.1) is 17.3 Å². The van der Waals surface area contributed by atoms with Gasteiger partial charge in [-0.25, -0.2) is 4.98 Å². The van der Waals surface area contributed by atoms with Crippen molar-refractivity contribution in [2.75, 3.05) is 39.2 Å². The first-order valence-electron chi connectivity index (χ1n) is 9.84. The fourth-order valence-corrected chi connectivity index (χ4v) is 4.24. The molecule has 0 bridgehead atoms. The number of amides is 1. The minimum Gasteiger partial charge on any atom is -0.493 e. The maximum atomic E-state index is 13.4. The molecule has 12 heteroatoms. The molecule has 0 atom stereocenters. The predicted molar refractivity (Wildman–Crippen MR) is 127 cm³/mol. The number of benzene rings is 2. The van der Waals surface area contributed by atoms with Crippen LogP contribution in [0.4, 0.5) is 18.3 Å². The molecule has 7 nitrogen and oxygen atoms in total. The van der Waals surface area contributed by atoms with Gasteiger partial charge >= 0.3 is 6.36 Å². The number of nitrogens with zero attached hydrogens (tertiary/aromatic N) is 3. The minimum absolute atomic E-state index is 0. The van der Waals surface area contributed by atoms with E-state index in [0.717, 1.165) is 11.3 Å². The highest BCUT2D eigenvalue weighted by atomic mass is 35.5. The van der Waals surface area contributed by atoms with Crippen molar-refractivity contribution in [1.29, 1.82) is 0 Å². The molecule has 0 spiro atoms. The summed E-state index contributed by atoms with van der Waals surface area (Å²) in [7, 11) is 5.25. The summed E-state index contributed by atoms with van der Waals surface area (Å²) < 4.78 is 53.3. The van der Waals surface area contributed by atoms with E-state index in [9.17, 15) is 18.0 Å². The van der Waals surface area contributed by atoms with Crippen molar-refractivity contribution in [2.45, 2.75) is 6.36 Å². The number of anilines is 1. The summed E-state index contributed by atoms with van der Waals surface area (Å²) in [5.74, 6) is -0.154. The van der Waals surface area contributed by atoms with Crippen molar-refractivity contribution in [3.63, 3.8) is 0 Å². The predicted octanol–water partition coefficient (Wildman–Crippen LogP) is 5.58. The Morgan fingerprint density at radius 1 is 1.15 bits per heavy atom. The van der Waals surface area contributed by atoms with Crippen LogP contribution in [0.15, 0.2) is 46.9 Å². The second kappa shape index (κ2) is 10.1. The topological polar surface area (TPSA) is 68.0 Å². The molecular formula is C22H21ClF3N3O4S. The quantitative estimate of drug-likeness (QED) is 0.320. The van der Waals surface area contributed by atoms with Gasteiger partial charge in [-0.3, -0.25) is 9.69 Å². The van der Waals surface area contributed by atoms with E-state index in [0.29, 0.717) is 45.2 Å². The fourth-order valence-electron chi connectivity index (χ4n) is 3.22. The second-order valence-electron chi connectivity index (χ2n) is 7.42. The van der Waals surface area contributed by atoms with Crippen molar-refractivity contribution in [3.05, 3.63) is 48.2 Å². The molecule has 1 amide bonds. The zero-order chi connectivity index (χ0) is 23.8. The lowest BCUT2D eigenvalue weighted by Gasteiger charge is -2.20. The van der Waals surface area contributed by atoms with Crippen molar-refractivity contribution in [3.8, 4) is 11.5 Å². The molecule has 2 aromatic heterocycles. The van der Waals surface area contributed by atoms with E-state index in [-0.39, 0.29) is 23.9 Å². The van der Waals surface area contributed by atoms with E-state index >= 15 is 0 Å². The Bertz CT molecular complexity index is 1310. The molecule has 0 saturated heterocycles. The van der Waals surface area contributed by atoms with Crippen LogP contribution in [0.25, 0.3) is 21.2 Å². The number of ether oxygens (including phenoxy) is 2. The number of likely N-dealkylation sites (N-methyl/N-ethyl adjacent to an activating group) is 1. The molecule has 2 heterocycles. The van der Waals surface area contributed by atoms with Gasteiger partial charge in [-0.05, 0) is 38.4 Å². The number of rotatable bonds is 7. The lowest BCUT2D eigenvalue weighted by molar-refractivity contribution is -0.274. The Labute approximate surface area is 203 Å². The maximum Gasteiger partial charge on any atom is 0.573 e. The van der Waals surface area contributed by atoms with Crippen LogP contribution in [0.1, 0.15) is 10.6 Å². The van der Waals surface area contributed by atoms with Gasteiger partial charge < -0.3 is 18.8 Å². The van der Waals surface area contributed by atoms with Crippen LogP contribution >= 0.6 is 23.7 Å². The number of fused-ring (bicyclic) bond motifs is 2. The number of thiazole rings is 1. The molecule has 4 rings (SSSR count). The van der Waals surface area contributed by atoms with Gasteiger partial charge in [0.2, 0.25) is 0 Å². The molecular weight excluding hydrogens is 495 g/mol. The largest absolute Gasteiger partial charge is 0.573 e.